The quantitative estimate of drug-likeness (QED) is 0.895. The van der Waals surface area contributed by atoms with Crippen LogP contribution < -0.4 is 10.5 Å². The largest absolute Gasteiger partial charge is 0.488 e. The first-order valence-electron chi connectivity index (χ1n) is 6.31. The molecule has 1 aliphatic heterocycles. The van der Waals surface area contributed by atoms with Crippen molar-refractivity contribution in [2.75, 3.05) is 0 Å². The van der Waals surface area contributed by atoms with Crippen LogP contribution >= 0.6 is 0 Å². The van der Waals surface area contributed by atoms with Crippen molar-refractivity contribution in [1.82, 2.24) is 9.78 Å². The van der Waals surface area contributed by atoms with Gasteiger partial charge in [-0.1, -0.05) is 18.2 Å². The summed E-state index contributed by atoms with van der Waals surface area (Å²) in [5.41, 5.74) is 8.59. The van der Waals surface area contributed by atoms with Crippen molar-refractivity contribution < 1.29 is 4.74 Å². The molecule has 0 amide bonds. The molecule has 2 unspecified atom stereocenters. The number of hydrogen-bond acceptors (Lipinski definition) is 3. The summed E-state index contributed by atoms with van der Waals surface area (Å²) < 4.78 is 7.85. The second-order valence-electron chi connectivity index (χ2n) is 4.57. The molecule has 0 fully saturated rings. The lowest BCUT2D eigenvalue weighted by molar-refractivity contribution is 0.195. The predicted octanol–water partition coefficient (Wildman–Crippen LogP) is 1.91. The zero-order valence-corrected chi connectivity index (χ0v) is 10.4. The number of aryl methyl sites for hydroxylation is 1. The van der Waals surface area contributed by atoms with Crippen molar-refractivity contribution in [2.45, 2.75) is 32.0 Å². The number of hydrogen-bond donors (Lipinski definition) is 1. The first-order chi connectivity index (χ1) is 8.79. The summed E-state index contributed by atoms with van der Waals surface area (Å²) in [4.78, 5) is 0. The highest BCUT2D eigenvalue weighted by Gasteiger charge is 2.30. The van der Waals surface area contributed by atoms with Crippen LogP contribution in [0.1, 0.15) is 24.2 Å². The van der Waals surface area contributed by atoms with E-state index in [1.54, 1.807) is 6.20 Å². The maximum absolute atomic E-state index is 6.31. The molecule has 0 saturated carbocycles. The SMILES string of the molecule is CCn1nccc1C(N)C1Cc2ccccc2O1. The van der Waals surface area contributed by atoms with Gasteiger partial charge in [0, 0.05) is 19.2 Å². The van der Waals surface area contributed by atoms with Gasteiger partial charge >= 0.3 is 0 Å². The molecule has 2 N–H and O–H groups in total. The predicted molar refractivity (Wildman–Crippen MR) is 69.4 cm³/mol. The molecule has 0 spiro atoms. The number of nitrogens with two attached hydrogens (primary N) is 1. The van der Waals surface area contributed by atoms with Crippen LogP contribution in [-0.4, -0.2) is 15.9 Å². The van der Waals surface area contributed by atoms with E-state index in [0.29, 0.717) is 0 Å². The van der Waals surface area contributed by atoms with E-state index in [2.05, 4.69) is 18.1 Å². The molecule has 2 atom stereocenters. The van der Waals surface area contributed by atoms with Gasteiger partial charge in [0.05, 0.1) is 11.7 Å². The molecule has 1 aromatic carbocycles. The van der Waals surface area contributed by atoms with E-state index in [1.165, 1.54) is 5.56 Å². The van der Waals surface area contributed by atoms with Gasteiger partial charge in [0.15, 0.2) is 0 Å². The number of nitrogens with zero attached hydrogens (tertiary/aromatic N) is 2. The van der Waals surface area contributed by atoms with Gasteiger partial charge in [-0.05, 0) is 24.6 Å². The molecule has 0 aliphatic carbocycles. The minimum atomic E-state index is -0.139. The monoisotopic (exact) mass is 243 g/mol. The van der Waals surface area contributed by atoms with E-state index in [9.17, 15) is 0 Å². The zero-order valence-electron chi connectivity index (χ0n) is 10.4. The summed E-state index contributed by atoms with van der Waals surface area (Å²) in [6.07, 6.45) is 2.66. The normalized spacial score (nSPS) is 19.3. The van der Waals surface area contributed by atoms with Crippen molar-refractivity contribution in [3.63, 3.8) is 0 Å². The van der Waals surface area contributed by atoms with Crippen molar-refractivity contribution >= 4 is 0 Å². The molecule has 2 aromatic rings. The summed E-state index contributed by atoms with van der Waals surface area (Å²) in [6.45, 7) is 2.89. The zero-order chi connectivity index (χ0) is 12.5. The molecule has 0 saturated heterocycles. The van der Waals surface area contributed by atoms with Gasteiger partial charge in [-0.3, -0.25) is 4.68 Å². The van der Waals surface area contributed by atoms with Crippen LogP contribution in [0, 0.1) is 0 Å². The maximum Gasteiger partial charge on any atom is 0.124 e. The van der Waals surface area contributed by atoms with Crippen LogP contribution in [0.15, 0.2) is 36.5 Å². The second kappa shape index (κ2) is 4.46. The molecule has 3 rings (SSSR count). The van der Waals surface area contributed by atoms with Gasteiger partial charge in [0.2, 0.25) is 0 Å². The van der Waals surface area contributed by atoms with Crippen LogP contribution in [0.4, 0.5) is 0 Å². The Hall–Kier alpha value is -1.81. The number of aromatic nitrogens is 2. The van der Waals surface area contributed by atoms with Gasteiger partial charge in [-0.15, -0.1) is 0 Å². The number of rotatable bonds is 3. The van der Waals surface area contributed by atoms with Crippen molar-refractivity contribution in [2.24, 2.45) is 5.73 Å². The van der Waals surface area contributed by atoms with E-state index in [4.69, 9.17) is 10.5 Å². The van der Waals surface area contributed by atoms with Gasteiger partial charge in [-0.25, -0.2) is 0 Å². The Bertz CT molecular complexity index is 524. The fourth-order valence-electron chi connectivity index (χ4n) is 2.49. The highest BCUT2D eigenvalue weighted by Crippen LogP contribution is 2.32. The maximum atomic E-state index is 6.31. The molecule has 94 valence electrons. The lowest BCUT2D eigenvalue weighted by Gasteiger charge is -2.19. The smallest absolute Gasteiger partial charge is 0.124 e. The number of fused-ring (bicyclic) bond motifs is 1. The molecule has 0 bridgehead atoms. The highest BCUT2D eigenvalue weighted by molar-refractivity contribution is 5.38. The van der Waals surface area contributed by atoms with E-state index < -0.39 is 0 Å². The molecule has 1 aliphatic rings. The van der Waals surface area contributed by atoms with Crippen LogP contribution in [0.3, 0.4) is 0 Å². The second-order valence-corrected chi connectivity index (χ2v) is 4.57. The molecule has 0 radical (unpaired) electrons. The molecular formula is C14H17N3O. The van der Waals surface area contributed by atoms with Gasteiger partial charge < -0.3 is 10.5 Å². The Kier molecular flexibility index (Phi) is 2.80. The Morgan fingerprint density at radius 1 is 1.44 bits per heavy atom. The first-order valence-corrected chi connectivity index (χ1v) is 6.31. The average Bonchev–Trinajstić information content (AvgIpc) is 3.03. The molecule has 18 heavy (non-hydrogen) atoms. The molecule has 1 aromatic heterocycles. The standard InChI is InChI=1S/C14H17N3O/c1-2-17-11(7-8-16-17)14(15)13-9-10-5-3-4-6-12(10)18-13/h3-8,13-14H,2,9,15H2,1H3. The van der Waals surface area contributed by atoms with E-state index >= 15 is 0 Å². The third kappa shape index (κ3) is 1.78. The molecule has 2 heterocycles. The highest BCUT2D eigenvalue weighted by atomic mass is 16.5. The molecular weight excluding hydrogens is 226 g/mol. The fraction of sp³-hybridized carbons (Fsp3) is 0.357. The summed E-state index contributed by atoms with van der Waals surface area (Å²) in [7, 11) is 0. The van der Waals surface area contributed by atoms with E-state index in [0.717, 1.165) is 24.4 Å². The van der Waals surface area contributed by atoms with Gasteiger partial charge in [0.1, 0.15) is 11.9 Å². The topological polar surface area (TPSA) is 53.1 Å². The Morgan fingerprint density at radius 2 is 2.28 bits per heavy atom. The lowest BCUT2D eigenvalue weighted by Crippen LogP contribution is -2.31. The van der Waals surface area contributed by atoms with Crippen molar-refractivity contribution in [3.8, 4) is 5.75 Å². The minimum absolute atomic E-state index is 0.00407. The number of benzene rings is 1. The van der Waals surface area contributed by atoms with Crippen LogP contribution in [-0.2, 0) is 13.0 Å². The summed E-state index contributed by atoms with van der Waals surface area (Å²) in [5.74, 6) is 0.959. The fourth-order valence-corrected chi connectivity index (χ4v) is 2.49. The third-order valence-corrected chi connectivity index (χ3v) is 3.46. The first kappa shape index (κ1) is 11.3. The Labute approximate surface area is 106 Å². The third-order valence-electron chi connectivity index (χ3n) is 3.46. The minimum Gasteiger partial charge on any atom is -0.488 e. The molecule has 4 heteroatoms. The Balaban J connectivity index is 1.82. The summed E-state index contributed by atoms with van der Waals surface area (Å²) in [5, 5.41) is 4.26. The van der Waals surface area contributed by atoms with Gasteiger partial charge in [-0.2, -0.15) is 5.10 Å². The van der Waals surface area contributed by atoms with Crippen LogP contribution in [0.25, 0.3) is 0 Å². The number of ether oxygens (including phenoxy) is 1. The van der Waals surface area contributed by atoms with Crippen molar-refractivity contribution in [3.05, 3.63) is 47.8 Å². The Morgan fingerprint density at radius 3 is 3.06 bits per heavy atom. The van der Waals surface area contributed by atoms with E-state index in [1.807, 2.05) is 28.9 Å². The summed E-state index contributed by atoms with van der Waals surface area (Å²) >= 11 is 0. The average molecular weight is 243 g/mol. The molecule has 4 nitrogen and oxygen atoms in total. The lowest BCUT2D eigenvalue weighted by atomic mass is 10.0. The number of para-hydroxylation sites is 1. The van der Waals surface area contributed by atoms with Crippen LogP contribution in [0.2, 0.25) is 0 Å². The van der Waals surface area contributed by atoms with E-state index in [-0.39, 0.29) is 12.1 Å². The summed E-state index contributed by atoms with van der Waals surface area (Å²) in [6, 6.07) is 9.95. The van der Waals surface area contributed by atoms with Crippen LogP contribution in [0.5, 0.6) is 5.75 Å². The van der Waals surface area contributed by atoms with Crippen molar-refractivity contribution in [1.29, 1.82) is 0 Å². The van der Waals surface area contributed by atoms with Gasteiger partial charge in [0.25, 0.3) is 0 Å².